The average molecular weight is 583 g/mol. The summed E-state index contributed by atoms with van der Waals surface area (Å²) in [7, 11) is -4.64. The van der Waals surface area contributed by atoms with Gasteiger partial charge in [0.25, 0.3) is 0 Å². The maximum Gasteiger partial charge on any atom is 0.466 e. The molecule has 0 aliphatic carbocycles. The fourth-order valence-electron chi connectivity index (χ4n) is 4.01. The first-order valence-electron chi connectivity index (χ1n) is 11.9. The second kappa shape index (κ2) is 12.6. The van der Waals surface area contributed by atoms with Crippen LogP contribution in [0.3, 0.4) is 0 Å². The van der Waals surface area contributed by atoms with Crippen molar-refractivity contribution in [1.82, 2.24) is 10.6 Å². The predicted octanol–water partition coefficient (Wildman–Crippen LogP) is 2.61. The first-order chi connectivity index (χ1) is 18.6. The first-order valence-corrected chi connectivity index (χ1v) is 14.3. The molecule has 0 radical (unpaired) electrons. The maximum absolute atomic E-state index is 8.88. The van der Waals surface area contributed by atoms with Gasteiger partial charge in [-0.05, 0) is 48.5 Å². The van der Waals surface area contributed by atoms with Crippen LogP contribution in [0.25, 0.3) is 0 Å². The smallest absolute Gasteiger partial charge is 0.389 e. The summed E-state index contributed by atoms with van der Waals surface area (Å²) in [4.78, 5) is 33.7. The number of hydrogen-bond acceptors (Lipinski definition) is 7. The van der Waals surface area contributed by atoms with E-state index in [0.717, 1.165) is 71.5 Å². The second-order valence-electron chi connectivity index (χ2n) is 8.50. The Balaban J connectivity index is 0.000000648. The third-order valence-corrected chi connectivity index (χ3v) is 6.42. The molecule has 7 N–H and O–H groups in total. The number of phosphoric acid groups is 1. The van der Waals surface area contributed by atoms with Crippen molar-refractivity contribution in [3.05, 3.63) is 95.1 Å². The molecule has 0 saturated carbocycles. The van der Waals surface area contributed by atoms with Gasteiger partial charge in [-0.3, -0.25) is 9.98 Å². The van der Waals surface area contributed by atoms with E-state index in [9.17, 15) is 0 Å². The molecule has 0 spiro atoms. The molecule has 3 aromatic rings. The first kappa shape index (κ1) is 28.5. The summed E-state index contributed by atoms with van der Waals surface area (Å²) in [5, 5.41) is 6.64. The number of nitrogens with zero attached hydrogens (tertiary/aromatic N) is 3. The highest BCUT2D eigenvalue weighted by Gasteiger charge is 2.18. The second-order valence-corrected chi connectivity index (χ2v) is 10.4. The summed E-state index contributed by atoms with van der Waals surface area (Å²) in [6, 6.07) is 24.3. The molecule has 0 fully saturated rings. The Hall–Kier alpha value is -3.51. The molecule has 0 amide bonds. The van der Waals surface area contributed by atoms with Gasteiger partial charge in [0.15, 0.2) is 0 Å². The molecule has 3 aromatic carbocycles. The van der Waals surface area contributed by atoms with Crippen molar-refractivity contribution in [1.29, 1.82) is 0 Å². The summed E-state index contributed by atoms with van der Waals surface area (Å²) in [6.45, 7) is 3.37. The van der Waals surface area contributed by atoms with E-state index in [2.05, 4.69) is 74.0 Å². The lowest BCUT2D eigenvalue weighted by atomic mass is 10.1. The Bertz CT molecular complexity index is 1380. The van der Waals surface area contributed by atoms with Gasteiger partial charge in [0.1, 0.15) is 21.6 Å². The topological polar surface area (TPSA) is 156 Å². The molecule has 0 bridgehead atoms. The van der Waals surface area contributed by atoms with Crippen molar-refractivity contribution < 1.29 is 19.2 Å². The van der Waals surface area contributed by atoms with Gasteiger partial charge in [-0.25, -0.2) is 4.57 Å². The van der Waals surface area contributed by atoms with Crippen LogP contribution in [0.1, 0.15) is 22.3 Å². The van der Waals surface area contributed by atoms with E-state index in [1.54, 1.807) is 0 Å². The third kappa shape index (κ3) is 7.76. The number of hydrogen-bond donors (Lipinski definition) is 6. The SMILES string of the molecule is NC(=S)c1ccc(C(=S)N(c2ccc(C3=NCCN3)cc2)c2ccc(C3=NCCN3)cc2)cc1.O=P(O)(O)O. The number of nitrogens with one attached hydrogen (secondary N) is 2. The minimum atomic E-state index is -4.64. The van der Waals surface area contributed by atoms with E-state index >= 15 is 0 Å². The van der Waals surface area contributed by atoms with Crippen LogP contribution in [-0.2, 0) is 4.57 Å². The molecule has 39 heavy (non-hydrogen) atoms. The molecule has 5 rings (SSSR count). The summed E-state index contributed by atoms with van der Waals surface area (Å²) in [5.41, 5.74) is 11.6. The molecule has 0 atom stereocenters. The number of anilines is 2. The zero-order chi connectivity index (χ0) is 28.0. The van der Waals surface area contributed by atoms with Gasteiger partial charge < -0.3 is 35.9 Å². The van der Waals surface area contributed by atoms with Crippen LogP contribution in [0.2, 0.25) is 0 Å². The molecule has 0 unspecified atom stereocenters. The number of amidine groups is 2. The molecule has 2 aliphatic heterocycles. The molecular weight excluding hydrogens is 555 g/mol. The van der Waals surface area contributed by atoms with E-state index in [-0.39, 0.29) is 0 Å². The summed E-state index contributed by atoms with van der Waals surface area (Å²) < 4.78 is 8.88. The van der Waals surface area contributed by atoms with E-state index in [1.165, 1.54) is 0 Å². The van der Waals surface area contributed by atoms with Crippen LogP contribution in [0.15, 0.2) is 82.8 Å². The van der Waals surface area contributed by atoms with Gasteiger partial charge in [-0.1, -0.05) is 48.7 Å². The number of benzene rings is 3. The Kier molecular flexibility index (Phi) is 9.18. The minimum Gasteiger partial charge on any atom is -0.389 e. The average Bonchev–Trinajstić information content (AvgIpc) is 3.64. The highest BCUT2D eigenvalue weighted by molar-refractivity contribution is 7.81. The van der Waals surface area contributed by atoms with Crippen molar-refractivity contribution in [3.8, 4) is 0 Å². The van der Waals surface area contributed by atoms with Gasteiger partial charge >= 0.3 is 7.82 Å². The van der Waals surface area contributed by atoms with E-state index in [4.69, 9.17) is 49.4 Å². The molecule has 0 saturated heterocycles. The number of nitrogens with two attached hydrogens (primary N) is 1. The van der Waals surface area contributed by atoms with Crippen molar-refractivity contribution in [2.24, 2.45) is 15.7 Å². The maximum atomic E-state index is 8.88. The lowest BCUT2D eigenvalue weighted by Crippen LogP contribution is -2.26. The molecule has 2 heterocycles. The Morgan fingerprint density at radius 3 is 1.46 bits per heavy atom. The highest BCUT2D eigenvalue weighted by atomic mass is 32.1. The van der Waals surface area contributed by atoms with Crippen molar-refractivity contribution in [2.75, 3.05) is 31.1 Å². The molecule has 10 nitrogen and oxygen atoms in total. The molecule has 2 aliphatic rings. The lowest BCUT2D eigenvalue weighted by molar-refractivity contribution is 0.275. The van der Waals surface area contributed by atoms with E-state index in [1.807, 2.05) is 24.3 Å². The van der Waals surface area contributed by atoms with E-state index in [0.29, 0.717) is 9.98 Å². The van der Waals surface area contributed by atoms with Crippen molar-refractivity contribution >= 4 is 65.3 Å². The van der Waals surface area contributed by atoms with Crippen LogP contribution in [-0.4, -0.2) is 62.5 Å². The summed E-state index contributed by atoms with van der Waals surface area (Å²) >= 11 is 11.1. The molecule has 13 heteroatoms. The third-order valence-electron chi connectivity index (χ3n) is 5.77. The molecule has 0 aromatic heterocycles. The molecular formula is C26H27N6O4PS2. The monoisotopic (exact) mass is 582 g/mol. The fraction of sp³-hybridized carbons (Fsp3) is 0.154. The van der Waals surface area contributed by atoms with Crippen LogP contribution in [0.5, 0.6) is 0 Å². The number of thiocarbonyl (C=S) groups is 2. The normalized spacial score (nSPS) is 14.2. The van der Waals surface area contributed by atoms with Gasteiger partial charge in [-0.15, -0.1) is 0 Å². The molecule has 202 valence electrons. The zero-order valence-electron chi connectivity index (χ0n) is 20.7. The fourth-order valence-corrected chi connectivity index (χ4v) is 4.49. The Labute approximate surface area is 236 Å². The van der Waals surface area contributed by atoms with Crippen molar-refractivity contribution in [2.45, 2.75) is 0 Å². The highest BCUT2D eigenvalue weighted by Crippen LogP contribution is 2.29. The predicted molar refractivity (Wildman–Crippen MR) is 162 cm³/mol. The van der Waals surface area contributed by atoms with Crippen LogP contribution >= 0.6 is 32.3 Å². The van der Waals surface area contributed by atoms with Crippen molar-refractivity contribution in [3.63, 3.8) is 0 Å². The van der Waals surface area contributed by atoms with E-state index < -0.39 is 7.82 Å². The Morgan fingerprint density at radius 1 is 0.744 bits per heavy atom. The number of aliphatic imine (C=N–C) groups is 2. The van der Waals surface area contributed by atoms with Crippen LogP contribution in [0, 0.1) is 0 Å². The zero-order valence-corrected chi connectivity index (χ0v) is 23.2. The Morgan fingerprint density at radius 2 is 1.13 bits per heavy atom. The van der Waals surface area contributed by atoms with Gasteiger partial charge in [0.05, 0.1) is 13.1 Å². The summed E-state index contributed by atoms with van der Waals surface area (Å²) in [5.74, 6) is 1.87. The number of rotatable bonds is 6. The van der Waals surface area contributed by atoms with Gasteiger partial charge in [0, 0.05) is 46.7 Å². The quantitative estimate of drug-likeness (QED) is 0.189. The van der Waals surface area contributed by atoms with Gasteiger partial charge in [-0.2, -0.15) is 0 Å². The lowest BCUT2D eigenvalue weighted by Gasteiger charge is -2.26. The largest absolute Gasteiger partial charge is 0.466 e. The van der Waals surface area contributed by atoms with Gasteiger partial charge in [0.2, 0.25) is 0 Å². The van der Waals surface area contributed by atoms with Crippen LogP contribution < -0.4 is 21.3 Å². The van der Waals surface area contributed by atoms with Crippen LogP contribution in [0.4, 0.5) is 11.4 Å². The summed E-state index contributed by atoms with van der Waals surface area (Å²) in [6.07, 6.45) is 0. The standard InChI is InChI=1S/C26H24N6S2.H3O4P/c27-23(33)17-1-3-20(4-2-17)26(34)32(21-9-5-18(6-10-21)24-28-13-14-29-24)22-11-7-19(8-12-22)25-30-15-16-31-25;1-5(2,3)4/h1-12H,13-16H2,(H2,27,33)(H,28,29)(H,30,31);(H3,1,2,3,4). The minimum absolute atomic E-state index is 0.368.